The van der Waals surface area contributed by atoms with Crippen molar-refractivity contribution in [2.24, 2.45) is 0 Å². The Balaban J connectivity index is 3.09. The number of rotatable bonds is 47. The average Bonchev–Trinajstić information content (AvgIpc) is 3.15. The molecule has 0 aliphatic heterocycles. The first kappa shape index (κ1) is 51.1. The molecule has 312 valence electrons. The van der Waals surface area contributed by atoms with E-state index in [-0.39, 0.29) is 12.6 Å². The van der Waals surface area contributed by atoms with E-state index in [1.165, 1.54) is 77.0 Å². The molecule has 0 amide bonds. The number of hydrogen-bond donors (Lipinski definition) is 0. The van der Waals surface area contributed by atoms with Crippen LogP contribution in [0, 0.1) is 0 Å². The normalized spacial score (nSPS) is 11.5. The number of ether oxygens (including phenoxy) is 11. The molecule has 0 aliphatic rings. The molecule has 0 N–H and O–H groups in total. The van der Waals surface area contributed by atoms with Gasteiger partial charge in [0.15, 0.2) is 0 Å². The third kappa shape index (κ3) is 47.1. The van der Waals surface area contributed by atoms with Crippen LogP contribution in [0.25, 0.3) is 0 Å². The summed E-state index contributed by atoms with van der Waals surface area (Å²) in [7, 11) is 0. The van der Waals surface area contributed by atoms with Gasteiger partial charge in [-0.05, 0) is 12.8 Å². The van der Waals surface area contributed by atoms with Crippen LogP contribution >= 0.6 is 0 Å². The standard InChI is InChI=1S/C40H80O12/c1-3-5-7-9-11-13-15-17-19-42-20-21-43-22-23-44-24-25-45-26-27-46-28-29-47-30-31-48-32-33-49-34-35-50-36-37-51-38-39-52-40(41)18-16-14-12-10-8-6-4-2/h3-39H2,1-2H3. The summed E-state index contributed by atoms with van der Waals surface area (Å²) in [5, 5.41) is 0. The molecule has 0 saturated heterocycles. The van der Waals surface area contributed by atoms with E-state index in [0.717, 1.165) is 25.9 Å². The van der Waals surface area contributed by atoms with Crippen LogP contribution in [0.4, 0.5) is 0 Å². The number of unbranched alkanes of at least 4 members (excludes halogenated alkanes) is 13. The topological polar surface area (TPSA) is 119 Å². The van der Waals surface area contributed by atoms with Crippen LogP contribution in [0.1, 0.15) is 117 Å². The molecule has 0 bridgehead atoms. The van der Waals surface area contributed by atoms with Crippen molar-refractivity contribution in [3.05, 3.63) is 0 Å². The highest BCUT2D eigenvalue weighted by Gasteiger charge is 2.03. The van der Waals surface area contributed by atoms with Crippen LogP contribution in [0.5, 0.6) is 0 Å². The Hall–Kier alpha value is -0.930. The molecular formula is C40H80O12. The Morgan fingerprint density at radius 2 is 0.500 bits per heavy atom. The lowest BCUT2D eigenvalue weighted by Crippen LogP contribution is -2.15. The molecule has 12 nitrogen and oxygen atoms in total. The smallest absolute Gasteiger partial charge is 0.305 e. The van der Waals surface area contributed by atoms with Gasteiger partial charge in [-0.25, -0.2) is 0 Å². The zero-order valence-corrected chi connectivity index (χ0v) is 33.6. The predicted octanol–water partition coefficient (Wildman–Crippen LogP) is 6.98. The molecular weight excluding hydrogens is 672 g/mol. The second-order valence-corrected chi connectivity index (χ2v) is 12.7. The van der Waals surface area contributed by atoms with Crippen LogP contribution in [0.2, 0.25) is 0 Å². The van der Waals surface area contributed by atoms with E-state index in [0.29, 0.717) is 132 Å². The van der Waals surface area contributed by atoms with Gasteiger partial charge >= 0.3 is 5.97 Å². The van der Waals surface area contributed by atoms with Gasteiger partial charge in [-0.1, -0.05) is 97.3 Å². The summed E-state index contributed by atoms with van der Waals surface area (Å²) >= 11 is 0. The first-order valence-electron chi connectivity index (χ1n) is 20.7. The summed E-state index contributed by atoms with van der Waals surface area (Å²) < 4.78 is 60.3. The molecule has 12 heteroatoms. The van der Waals surface area contributed by atoms with E-state index in [1.54, 1.807) is 0 Å². The lowest BCUT2D eigenvalue weighted by molar-refractivity contribution is -0.145. The zero-order chi connectivity index (χ0) is 37.5. The molecule has 0 atom stereocenters. The number of carbonyl (C=O) groups is 1. The van der Waals surface area contributed by atoms with Crippen molar-refractivity contribution in [3.63, 3.8) is 0 Å². The Kier molecular flexibility index (Phi) is 47.2. The van der Waals surface area contributed by atoms with Crippen molar-refractivity contribution >= 4 is 5.97 Å². The maximum absolute atomic E-state index is 11.7. The van der Waals surface area contributed by atoms with Crippen LogP contribution in [-0.2, 0) is 56.9 Å². The van der Waals surface area contributed by atoms with Crippen molar-refractivity contribution in [1.29, 1.82) is 0 Å². The molecule has 0 radical (unpaired) electrons. The van der Waals surface area contributed by atoms with Gasteiger partial charge in [0.1, 0.15) is 6.61 Å². The van der Waals surface area contributed by atoms with Gasteiger partial charge in [0.2, 0.25) is 0 Å². The summed E-state index contributed by atoms with van der Waals surface area (Å²) in [5.41, 5.74) is 0. The van der Waals surface area contributed by atoms with Crippen molar-refractivity contribution in [3.8, 4) is 0 Å². The predicted molar refractivity (Wildman–Crippen MR) is 204 cm³/mol. The molecule has 0 aromatic rings. The van der Waals surface area contributed by atoms with Gasteiger partial charge in [-0.15, -0.1) is 0 Å². The summed E-state index contributed by atoms with van der Waals surface area (Å²) in [5.74, 6) is -0.138. The maximum Gasteiger partial charge on any atom is 0.305 e. The van der Waals surface area contributed by atoms with Crippen LogP contribution in [0.3, 0.4) is 0 Å². The fourth-order valence-corrected chi connectivity index (χ4v) is 4.93. The zero-order valence-electron chi connectivity index (χ0n) is 33.6. The molecule has 52 heavy (non-hydrogen) atoms. The number of esters is 1. The third-order valence-electron chi connectivity index (χ3n) is 7.97. The van der Waals surface area contributed by atoms with Gasteiger partial charge in [-0.3, -0.25) is 4.79 Å². The Morgan fingerprint density at radius 1 is 0.269 bits per heavy atom. The fraction of sp³-hybridized carbons (Fsp3) is 0.975. The summed E-state index contributed by atoms with van der Waals surface area (Å²) in [4.78, 5) is 11.7. The molecule has 0 spiro atoms. The summed E-state index contributed by atoms with van der Waals surface area (Å²) in [6.07, 6.45) is 19.3. The Labute approximate surface area is 317 Å². The van der Waals surface area contributed by atoms with Crippen molar-refractivity contribution in [2.75, 3.05) is 139 Å². The SMILES string of the molecule is CCCCCCCCCCOCCOCCOCCOCCOCCOCCOCCOCCOCCOCCOC(=O)CCCCCCCCC. The van der Waals surface area contributed by atoms with Crippen LogP contribution in [0.15, 0.2) is 0 Å². The highest BCUT2D eigenvalue weighted by Crippen LogP contribution is 2.09. The van der Waals surface area contributed by atoms with Gasteiger partial charge in [-0.2, -0.15) is 0 Å². The molecule has 0 fully saturated rings. The minimum absolute atomic E-state index is 0.138. The van der Waals surface area contributed by atoms with E-state index >= 15 is 0 Å². The monoisotopic (exact) mass is 753 g/mol. The third-order valence-corrected chi connectivity index (χ3v) is 7.97. The summed E-state index contributed by atoms with van der Waals surface area (Å²) in [6.45, 7) is 15.4. The second-order valence-electron chi connectivity index (χ2n) is 12.7. The van der Waals surface area contributed by atoms with Gasteiger partial charge in [0, 0.05) is 13.0 Å². The molecule has 0 unspecified atom stereocenters. The van der Waals surface area contributed by atoms with Crippen molar-refractivity contribution < 1.29 is 56.9 Å². The minimum atomic E-state index is -0.138. The minimum Gasteiger partial charge on any atom is -0.463 e. The Bertz CT molecular complexity index is 658. The molecule has 0 heterocycles. The van der Waals surface area contributed by atoms with Crippen LogP contribution < -0.4 is 0 Å². The maximum atomic E-state index is 11.7. The lowest BCUT2D eigenvalue weighted by atomic mass is 10.1. The van der Waals surface area contributed by atoms with Gasteiger partial charge in [0.25, 0.3) is 0 Å². The van der Waals surface area contributed by atoms with Crippen LogP contribution in [-0.4, -0.2) is 145 Å². The Morgan fingerprint density at radius 3 is 0.808 bits per heavy atom. The first-order chi connectivity index (χ1) is 25.8. The second kappa shape index (κ2) is 48.1. The molecule has 0 aliphatic carbocycles. The van der Waals surface area contributed by atoms with Crippen molar-refractivity contribution in [1.82, 2.24) is 0 Å². The van der Waals surface area contributed by atoms with Crippen molar-refractivity contribution in [2.45, 2.75) is 117 Å². The largest absolute Gasteiger partial charge is 0.463 e. The fourth-order valence-electron chi connectivity index (χ4n) is 4.93. The summed E-state index contributed by atoms with van der Waals surface area (Å²) in [6, 6.07) is 0. The van der Waals surface area contributed by atoms with E-state index < -0.39 is 0 Å². The highest BCUT2D eigenvalue weighted by atomic mass is 16.6. The number of hydrogen-bond acceptors (Lipinski definition) is 12. The highest BCUT2D eigenvalue weighted by molar-refractivity contribution is 5.69. The first-order valence-corrected chi connectivity index (χ1v) is 20.7. The quantitative estimate of drug-likeness (QED) is 0.0472. The van der Waals surface area contributed by atoms with E-state index in [2.05, 4.69) is 13.8 Å². The molecule has 0 rings (SSSR count). The molecule has 0 aromatic carbocycles. The van der Waals surface area contributed by atoms with Gasteiger partial charge in [0.05, 0.1) is 126 Å². The molecule has 0 aromatic heterocycles. The average molecular weight is 753 g/mol. The lowest BCUT2D eigenvalue weighted by Gasteiger charge is -2.09. The van der Waals surface area contributed by atoms with E-state index in [4.69, 9.17) is 52.1 Å². The number of carbonyl (C=O) groups excluding carboxylic acids is 1. The molecule has 0 saturated carbocycles. The van der Waals surface area contributed by atoms with E-state index in [1.807, 2.05) is 0 Å². The van der Waals surface area contributed by atoms with E-state index in [9.17, 15) is 4.79 Å². The van der Waals surface area contributed by atoms with Gasteiger partial charge < -0.3 is 52.1 Å².